The SMILES string of the molecule is CCCSCC(O)Cc1ccn(C(CC)CC)n1. The number of aromatic nitrogens is 2. The third-order valence-corrected chi connectivity index (χ3v) is 4.40. The van der Waals surface area contributed by atoms with Gasteiger partial charge < -0.3 is 5.11 Å². The van der Waals surface area contributed by atoms with Gasteiger partial charge in [0.2, 0.25) is 0 Å². The molecule has 3 nitrogen and oxygen atoms in total. The summed E-state index contributed by atoms with van der Waals surface area (Å²) in [6, 6.07) is 2.52. The zero-order valence-electron chi connectivity index (χ0n) is 11.8. The quantitative estimate of drug-likeness (QED) is 0.700. The number of rotatable bonds is 9. The maximum Gasteiger partial charge on any atom is 0.0686 e. The van der Waals surface area contributed by atoms with Gasteiger partial charge in [-0.15, -0.1) is 0 Å². The number of nitrogens with zero attached hydrogens (tertiary/aromatic N) is 2. The van der Waals surface area contributed by atoms with Gasteiger partial charge >= 0.3 is 0 Å². The second-order valence-corrected chi connectivity index (χ2v) is 5.84. The molecule has 0 aliphatic carbocycles. The lowest BCUT2D eigenvalue weighted by Gasteiger charge is -2.13. The summed E-state index contributed by atoms with van der Waals surface area (Å²) in [5.41, 5.74) is 1.01. The van der Waals surface area contributed by atoms with Crippen LogP contribution in [0.15, 0.2) is 12.3 Å². The van der Waals surface area contributed by atoms with Crippen LogP contribution < -0.4 is 0 Å². The van der Waals surface area contributed by atoms with E-state index in [4.69, 9.17) is 0 Å². The molecule has 0 aliphatic rings. The molecule has 104 valence electrons. The van der Waals surface area contributed by atoms with E-state index in [0.717, 1.165) is 30.0 Å². The van der Waals surface area contributed by atoms with Gasteiger partial charge in [-0.1, -0.05) is 20.8 Å². The number of hydrogen-bond acceptors (Lipinski definition) is 3. The predicted octanol–water partition coefficient (Wildman–Crippen LogP) is 3.29. The minimum atomic E-state index is -0.272. The molecule has 0 radical (unpaired) electrons. The number of aliphatic hydroxyl groups excluding tert-OH is 1. The van der Waals surface area contributed by atoms with Crippen molar-refractivity contribution in [3.8, 4) is 0 Å². The van der Waals surface area contributed by atoms with Gasteiger partial charge in [0.15, 0.2) is 0 Å². The van der Waals surface area contributed by atoms with E-state index >= 15 is 0 Å². The summed E-state index contributed by atoms with van der Waals surface area (Å²) in [4.78, 5) is 0. The Labute approximate surface area is 115 Å². The molecule has 0 saturated carbocycles. The van der Waals surface area contributed by atoms with Gasteiger partial charge in [0.05, 0.1) is 17.8 Å². The normalized spacial score (nSPS) is 13.2. The molecule has 0 saturated heterocycles. The summed E-state index contributed by atoms with van der Waals surface area (Å²) in [6.07, 6.45) is 5.81. The lowest BCUT2D eigenvalue weighted by Crippen LogP contribution is -2.15. The van der Waals surface area contributed by atoms with Crippen LogP contribution in [0.5, 0.6) is 0 Å². The van der Waals surface area contributed by atoms with Crippen molar-refractivity contribution in [3.63, 3.8) is 0 Å². The molecule has 1 rings (SSSR count). The Bertz CT molecular complexity index is 323. The van der Waals surface area contributed by atoms with E-state index in [9.17, 15) is 5.11 Å². The third kappa shape index (κ3) is 5.02. The van der Waals surface area contributed by atoms with Crippen molar-refractivity contribution in [1.82, 2.24) is 9.78 Å². The van der Waals surface area contributed by atoms with E-state index < -0.39 is 0 Å². The first-order valence-corrected chi connectivity index (χ1v) is 8.16. The molecule has 1 atom stereocenters. The smallest absolute Gasteiger partial charge is 0.0686 e. The van der Waals surface area contributed by atoms with Crippen molar-refractivity contribution in [2.24, 2.45) is 0 Å². The van der Waals surface area contributed by atoms with Crippen LogP contribution >= 0.6 is 11.8 Å². The second kappa shape index (κ2) is 8.59. The summed E-state index contributed by atoms with van der Waals surface area (Å²) in [7, 11) is 0. The Hall–Kier alpha value is -0.480. The molecule has 0 spiro atoms. The molecule has 0 aliphatic heterocycles. The first-order chi connectivity index (χ1) is 8.71. The van der Waals surface area contributed by atoms with E-state index in [1.54, 1.807) is 0 Å². The summed E-state index contributed by atoms with van der Waals surface area (Å²) in [6.45, 7) is 6.54. The van der Waals surface area contributed by atoms with Crippen molar-refractivity contribution in [1.29, 1.82) is 0 Å². The lowest BCUT2D eigenvalue weighted by molar-refractivity contribution is 0.198. The van der Waals surface area contributed by atoms with Crippen molar-refractivity contribution >= 4 is 11.8 Å². The standard InChI is InChI=1S/C14H26N2OS/c1-4-9-18-11-14(17)10-12-7-8-16(15-12)13(5-2)6-3/h7-8,13-14,17H,4-6,9-11H2,1-3H3. The molecular formula is C14H26N2OS. The molecule has 0 bridgehead atoms. The van der Waals surface area contributed by atoms with E-state index in [1.807, 2.05) is 28.7 Å². The fourth-order valence-electron chi connectivity index (χ4n) is 2.02. The summed E-state index contributed by atoms with van der Waals surface area (Å²) in [5.74, 6) is 1.94. The van der Waals surface area contributed by atoms with Crippen molar-refractivity contribution < 1.29 is 5.11 Å². The van der Waals surface area contributed by atoms with Gasteiger partial charge in [-0.3, -0.25) is 4.68 Å². The monoisotopic (exact) mass is 270 g/mol. The predicted molar refractivity (Wildman–Crippen MR) is 79.2 cm³/mol. The summed E-state index contributed by atoms with van der Waals surface area (Å²) >= 11 is 1.82. The molecule has 0 amide bonds. The van der Waals surface area contributed by atoms with Crippen LogP contribution in [-0.2, 0) is 6.42 Å². The molecule has 18 heavy (non-hydrogen) atoms. The minimum absolute atomic E-state index is 0.272. The van der Waals surface area contributed by atoms with Crippen molar-refractivity contribution in [3.05, 3.63) is 18.0 Å². The molecule has 4 heteroatoms. The molecule has 1 aromatic heterocycles. The maximum absolute atomic E-state index is 9.92. The number of thioether (sulfide) groups is 1. The highest BCUT2D eigenvalue weighted by Crippen LogP contribution is 2.15. The van der Waals surface area contributed by atoms with Crippen molar-refractivity contribution in [2.75, 3.05) is 11.5 Å². The highest BCUT2D eigenvalue weighted by molar-refractivity contribution is 7.99. The zero-order valence-corrected chi connectivity index (χ0v) is 12.6. The molecule has 0 aromatic carbocycles. The third-order valence-electron chi connectivity index (χ3n) is 3.08. The van der Waals surface area contributed by atoms with E-state index in [2.05, 4.69) is 25.9 Å². The maximum atomic E-state index is 9.92. The van der Waals surface area contributed by atoms with E-state index in [0.29, 0.717) is 12.5 Å². The Morgan fingerprint density at radius 1 is 1.33 bits per heavy atom. The van der Waals surface area contributed by atoms with Crippen LogP contribution in [0.1, 0.15) is 51.8 Å². The van der Waals surface area contributed by atoms with Gasteiger partial charge in [0.25, 0.3) is 0 Å². The molecule has 1 heterocycles. The Kier molecular flexibility index (Phi) is 7.44. The van der Waals surface area contributed by atoms with Crippen LogP contribution in [0, 0.1) is 0 Å². The van der Waals surface area contributed by atoms with Gasteiger partial charge in [-0.25, -0.2) is 0 Å². The fourth-order valence-corrected chi connectivity index (χ4v) is 2.86. The number of hydrogen-bond donors (Lipinski definition) is 1. The molecule has 1 N–H and O–H groups in total. The minimum Gasteiger partial charge on any atom is -0.392 e. The molecule has 1 unspecified atom stereocenters. The Balaban J connectivity index is 2.43. The summed E-state index contributed by atoms with van der Waals surface area (Å²) in [5, 5.41) is 14.5. The second-order valence-electron chi connectivity index (χ2n) is 4.69. The largest absolute Gasteiger partial charge is 0.392 e. The van der Waals surface area contributed by atoms with Crippen molar-refractivity contribution in [2.45, 2.75) is 58.6 Å². The van der Waals surface area contributed by atoms with Gasteiger partial charge in [0, 0.05) is 18.4 Å². The molecule has 1 aromatic rings. The fraction of sp³-hybridized carbons (Fsp3) is 0.786. The van der Waals surface area contributed by atoms with Crippen LogP contribution in [-0.4, -0.2) is 32.5 Å². The average molecular weight is 270 g/mol. The van der Waals surface area contributed by atoms with Crippen LogP contribution in [0.4, 0.5) is 0 Å². The van der Waals surface area contributed by atoms with E-state index in [-0.39, 0.29) is 6.10 Å². The average Bonchev–Trinajstić information content (AvgIpc) is 2.79. The van der Waals surface area contributed by atoms with Crippen LogP contribution in [0.2, 0.25) is 0 Å². The topological polar surface area (TPSA) is 38.0 Å². The van der Waals surface area contributed by atoms with Gasteiger partial charge in [-0.05, 0) is 31.1 Å². The van der Waals surface area contributed by atoms with Crippen LogP contribution in [0.3, 0.4) is 0 Å². The summed E-state index contributed by atoms with van der Waals surface area (Å²) < 4.78 is 2.04. The highest BCUT2D eigenvalue weighted by Gasteiger charge is 2.11. The Morgan fingerprint density at radius 2 is 2.06 bits per heavy atom. The van der Waals surface area contributed by atoms with Crippen LogP contribution in [0.25, 0.3) is 0 Å². The first kappa shape index (κ1) is 15.6. The molecule has 0 fully saturated rings. The van der Waals surface area contributed by atoms with Gasteiger partial charge in [-0.2, -0.15) is 16.9 Å². The van der Waals surface area contributed by atoms with Gasteiger partial charge in [0.1, 0.15) is 0 Å². The zero-order chi connectivity index (χ0) is 13.4. The lowest BCUT2D eigenvalue weighted by atomic mass is 10.2. The highest BCUT2D eigenvalue weighted by atomic mass is 32.2. The van der Waals surface area contributed by atoms with E-state index in [1.165, 1.54) is 6.42 Å². The number of aliphatic hydroxyl groups is 1. The Morgan fingerprint density at radius 3 is 2.67 bits per heavy atom. The molecular weight excluding hydrogens is 244 g/mol. The first-order valence-electron chi connectivity index (χ1n) is 7.01.